The minimum absolute atomic E-state index is 0.136. The molecule has 2 aromatic carbocycles. The number of amides is 1. The van der Waals surface area contributed by atoms with Gasteiger partial charge in [-0.3, -0.25) is 4.79 Å². The summed E-state index contributed by atoms with van der Waals surface area (Å²) in [6.07, 6.45) is 0. The van der Waals surface area contributed by atoms with E-state index in [2.05, 4.69) is 5.32 Å². The fraction of sp³-hybridized carbons (Fsp3) is 0.143. The molecule has 1 aliphatic heterocycles. The number of hydrogen-bond donors (Lipinski definition) is 1. The van der Waals surface area contributed by atoms with Crippen LogP contribution in [-0.4, -0.2) is 26.9 Å². The Hall–Kier alpha value is -2.97. The Bertz CT molecular complexity index is 1230. The molecule has 1 aromatic heterocycles. The highest BCUT2D eigenvalue weighted by molar-refractivity contribution is 7.91. The topological polar surface area (TPSA) is 89.5 Å². The second-order valence-electron chi connectivity index (χ2n) is 6.44. The van der Waals surface area contributed by atoms with E-state index in [4.69, 9.17) is 4.74 Å². The number of benzene rings is 2. The Morgan fingerprint density at radius 1 is 1.10 bits per heavy atom. The van der Waals surface area contributed by atoms with Gasteiger partial charge in [0.1, 0.15) is 0 Å². The number of esters is 1. The van der Waals surface area contributed by atoms with Crippen molar-refractivity contribution in [2.45, 2.75) is 17.6 Å². The largest absolute Gasteiger partial charge is 0.462 e. The molecular formula is C21H17NO5S2. The standard InChI is InChI=1S/C21H17NO5S2/c1-2-27-21(24)14-7-3-5-9-16(14)22-20(23)17-11-13-12-29(25,26)18-10-6-4-8-15(18)19(13)28-17/h3-11H,2,12H2,1H3,(H,22,23). The number of thiophene rings is 1. The maximum absolute atomic E-state index is 12.8. The highest BCUT2D eigenvalue weighted by Crippen LogP contribution is 2.42. The number of carbonyl (C=O) groups excluding carboxylic acids is 2. The SMILES string of the molecule is CCOC(=O)c1ccccc1NC(=O)c1cc2c(s1)-c1ccccc1S(=O)(=O)C2. The van der Waals surface area contributed by atoms with Gasteiger partial charge in [0.2, 0.25) is 0 Å². The van der Waals surface area contributed by atoms with Crippen molar-refractivity contribution in [3.63, 3.8) is 0 Å². The Morgan fingerprint density at radius 2 is 1.83 bits per heavy atom. The zero-order valence-corrected chi connectivity index (χ0v) is 17.1. The minimum atomic E-state index is -3.44. The van der Waals surface area contributed by atoms with Gasteiger partial charge >= 0.3 is 5.97 Å². The van der Waals surface area contributed by atoms with E-state index in [1.54, 1.807) is 61.5 Å². The van der Waals surface area contributed by atoms with Crippen molar-refractivity contribution < 1.29 is 22.7 Å². The first-order chi connectivity index (χ1) is 13.9. The molecule has 2 heterocycles. The zero-order valence-electron chi connectivity index (χ0n) is 15.5. The molecule has 1 N–H and O–H groups in total. The van der Waals surface area contributed by atoms with E-state index in [-0.39, 0.29) is 22.8 Å². The monoisotopic (exact) mass is 427 g/mol. The molecule has 6 nitrogen and oxygen atoms in total. The van der Waals surface area contributed by atoms with Crippen molar-refractivity contribution in [3.05, 3.63) is 70.6 Å². The van der Waals surface area contributed by atoms with Crippen LogP contribution in [0.4, 0.5) is 5.69 Å². The number of sulfone groups is 1. The van der Waals surface area contributed by atoms with Crippen LogP contribution in [0.25, 0.3) is 10.4 Å². The summed E-state index contributed by atoms with van der Waals surface area (Å²) in [6, 6.07) is 15.0. The van der Waals surface area contributed by atoms with Gasteiger partial charge < -0.3 is 10.1 Å². The van der Waals surface area contributed by atoms with Gasteiger partial charge in [0.05, 0.1) is 33.4 Å². The lowest BCUT2D eigenvalue weighted by Crippen LogP contribution is -2.15. The number of nitrogens with one attached hydrogen (secondary N) is 1. The van der Waals surface area contributed by atoms with Gasteiger partial charge in [-0.15, -0.1) is 11.3 Å². The van der Waals surface area contributed by atoms with Crippen molar-refractivity contribution in [2.24, 2.45) is 0 Å². The van der Waals surface area contributed by atoms with Crippen LogP contribution in [0.1, 0.15) is 32.5 Å². The van der Waals surface area contributed by atoms with Gasteiger partial charge in [-0.05, 0) is 36.8 Å². The van der Waals surface area contributed by atoms with Crippen molar-refractivity contribution in [2.75, 3.05) is 11.9 Å². The van der Waals surface area contributed by atoms with E-state index in [0.717, 1.165) is 4.88 Å². The lowest BCUT2D eigenvalue weighted by atomic mass is 10.1. The number of ether oxygens (including phenoxy) is 1. The number of carbonyl (C=O) groups is 2. The summed E-state index contributed by atoms with van der Waals surface area (Å²) in [5, 5.41) is 2.74. The van der Waals surface area contributed by atoms with E-state index < -0.39 is 21.7 Å². The van der Waals surface area contributed by atoms with Crippen LogP contribution in [0, 0.1) is 0 Å². The predicted octanol–water partition coefficient (Wildman–Crippen LogP) is 4.13. The van der Waals surface area contributed by atoms with E-state index in [9.17, 15) is 18.0 Å². The average molecular weight is 428 g/mol. The molecule has 0 aliphatic carbocycles. The smallest absolute Gasteiger partial charge is 0.340 e. The normalized spacial score (nSPS) is 13.8. The first-order valence-corrected chi connectivity index (χ1v) is 11.4. The van der Waals surface area contributed by atoms with Crippen LogP contribution < -0.4 is 5.32 Å². The number of para-hydroxylation sites is 1. The molecule has 1 aliphatic rings. The number of anilines is 1. The zero-order chi connectivity index (χ0) is 20.6. The third-order valence-corrected chi connectivity index (χ3v) is 7.44. The van der Waals surface area contributed by atoms with Crippen molar-refractivity contribution in [3.8, 4) is 10.4 Å². The van der Waals surface area contributed by atoms with Crippen LogP contribution >= 0.6 is 11.3 Å². The highest BCUT2D eigenvalue weighted by Gasteiger charge is 2.30. The Kier molecular flexibility index (Phi) is 4.97. The molecule has 0 bridgehead atoms. The van der Waals surface area contributed by atoms with Gasteiger partial charge in [0.25, 0.3) is 5.91 Å². The van der Waals surface area contributed by atoms with Crippen LogP contribution in [0.15, 0.2) is 59.5 Å². The lowest BCUT2D eigenvalue weighted by molar-refractivity contribution is 0.0527. The molecule has 0 spiro atoms. The molecule has 0 unspecified atom stereocenters. The lowest BCUT2D eigenvalue weighted by Gasteiger charge is -2.15. The summed E-state index contributed by atoms with van der Waals surface area (Å²) < 4.78 is 30.1. The second kappa shape index (κ2) is 7.46. The fourth-order valence-corrected chi connectivity index (χ4v) is 6.10. The quantitative estimate of drug-likeness (QED) is 0.633. The molecule has 0 radical (unpaired) electrons. The van der Waals surface area contributed by atoms with Gasteiger partial charge in [-0.2, -0.15) is 0 Å². The Morgan fingerprint density at radius 3 is 2.62 bits per heavy atom. The van der Waals surface area contributed by atoms with Gasteiger partial charge in [-0.1, -0.05) is 30.3 Å². The summed E-state index contributed by atoms with van der Waals surface area (Å²) in [5.41, 5.74) is 1.83. The number of fused-ring (bicyclic) bond motifs is 3. The number of rotatable bonds is 4. The first kappa shape index (κ1) is 19.4. The molecule has 1 amide bonds. The van der Waals surface area contributed by atoms with Crippen molar-refractivity contribution >= 4 is 38.7 Å². The van der Waals surface area contributed by atoms with Gasteiger partial charge in [-0.25, -0.2) is 13.2 Å². The predicted molar refractivity (Wildman–Crippen MR) is 111 cm³/mol. The van der Waals surface area contributed by atoms with E-state index >= 15 is 0 Å². The molecule has 0 saturated carbocycles. The maximum Gasteiger partial charge on any atom is 0.340 e. The van der Waals surface area contributed by atoms with E-state index in [1.165, 1.54) is 11.3 Å². The first-order valence-electron chi connectivity index (χ1n) is 8.93. The Labute approximate surface area is 172 Å². The molecular weight excluding hydrogens is 410 g/mol. The third kappa shape index (κ3) is 3.56. The van der Waals surface area contributed by atoms with Gasteiger partial charge in [0.15, 0.2) is 9.84 Å². The van der Waals surface area contributed by atoms with Crippen molar-refractivity contribution in [1.29, 1.82) is 0 Å². The second-order valence-corrected chi connectivity index (χ2v) is 9.45. The summed E-state index contributed by atoms with van der Waals surface area (Å²) in [5.74, 6) is -1.06. The van der Waals surface area contributed by atoms with Crippen LogP contribution in [-0.2, 0) is 20.3 Å². The summed E-state index contributed by atoms with van der Waals surface area (Å²) >= 11 is 1.24. The molecule has 0 saturated heterocycles. The molecule has 29 heavy (non-hydrogen) atoms. The van der Waals surface area contributed by atoms with Crippen molar-refractivity contribution in [1.82, 2.24) is 0 Å². The van der Waals surface area contributed by atoms with Gasteiger partial charge in [0, 0.05) is 10.4 Å². The average Bonchev–Trinajstić information content (AvgIpc) is 3.12. The highest BCUT2D eigenvalue weighted by atomic mass is 32.2. The molecule has 0 atom stereocenters. The molecule has 4 rings (SSSR count). The minimum Gasteiger partial charge on any atom is -0.462 e. The number of hydrogen-bond acceptors (Lipinski definition) is 6. The van der Waals surface area contributed by atoms with Crippen LogP contribution in [0.2, 0.25) is 0 Å². The Balaban J connectivity index is 1.67. The fourth-order valence-electron chi connectivity index (χ4n) is 3.25. The maximum atomic E-state index is 12.8. The third-order valence-electron chi connectivity index (χ3n) is 4.52. The molecule has 8 heteroatoms. The molecule has 0 fully saturated rings. The van der Waals surface area contributed by atoms with E-state index in [1.807, 2.05) is 0 Å². The summed E-state index contributed by atoms with van der Waals surface area (Å²) in [7, 11) is -3.44. The molecule has 148 valence electrons. The summed E-state index contributed by atoms with van der Waals surface area (Å²) in [6.45, 7) is 1.94. The van der Waals surface area contributed by atoms with Crippen LogP contribution in [0.3, 0.4) is 0 Å². The summed E-state index contributed by atoms with van der Waals surface area (Å²) in [4.78, 5) is 26.4. The molecule has 3 aromatic rings. The van der Waals surface area contributed by atoms with E-state index in [0.29, 0.717) is 21.7 Å². The van der Waals surface area contributed by atoms with Crippen LogP contribution in [0.5, 0.6) is 0 Å².